The number of halogens is 1. The summed E-state index contributed by atoms with van der Waals surface area (Å²) >= 11 is 0. The highest BCUT2D eigenvalue weighted by atomic mass is 19.1. The van der Waals surface area contributed by atoms with E-state index in [-0.39, 0.29) is 12.2 Å². The van der Waals surface area contributed by atoms with Gasteiger partial charge in [0, 0.05) is 5.56 Å². The van der Waals surface area contributed by atoms with Crippen LogP contribution in [0.1, 0.15) is 24.5 Å². The third-order valence-corrected chi connectivity index (χ3v) is 2.89. The first-order valence-corrected chi connectivity index (χ1v) is 6.78. The number of nitriles is 1. The normalized spacial score (nSPS) is 9.95. The average Bonchev–Trinajstić information content (AvgIpc) is 2.52. The summed E-state index contributed by atoms with van der Waals surface area (Å²) in [5.74, 6) is 0.663. The molecule has 0 N–H and O–H groups in total. The second-order valence-electron chi connectivity index (χ2n) is 4.47. The molecule has 2 rings (SSSR count). The Kier molecular flexibility index (Phi) is 5.16. The number of benzene rings is 2. The van der Waals surface area contributed by atoms with Crippen LogP contribution in [0.4, 0.5) is 4.39 Å². The van der Waals surface area contributed by atoms with E-state index in [2.05, 4.69) is 0 Å². The molecule has 0 spiro atoms. The van der Waals surface area contributed by atoms with Gasteiger partial charge >= 0.3 is 0 Å². The third kappa shape index (κ3) is 3.73. The maximum Gasteiger partial charge on any atom is 0.161 e. The lowest BCUT2D eigenvalue weighted by Crippen LogP contribution is -2.03. The highest BCUT2D eigenvalue weighted by Crippen LogP contribution is 2.27. The molecule has 3 nitrogen and oxygen atoms in total. The van der Waals surface area contributed by atoms with Crippen molar-refractivity contribution >= 4 is 0 Å². The Balaban J connectivity index is 2.12. The van der Waals surface area contributed by atoms with E-state index in [1.54, 1.807) is 18.2 Å². The fraction of sp³-hybridized carbons (Fsp3) is 0.235. The molecule has 2 aromatic rings. The Morgan fingerprint density at radius 1 is 1.05 bits per heavy atom. The van der Waals surface area contributed by atoms with Crippen LogP contribution in [-0.4, -0.2) is 6.61 Å². The lowest BCUT2D eigenvalue weighted by atomic mass is 10.1. The fourth-order valence-electron chi connectivity index (χ4n) is 1.83. The van der Waals surface area contributed by atoms with Crippen molar-refractivity contribution in [1.29, 1.82) is 5.26 Å². The van der Waals surface area contributed by atoms with Gasteiger partial charge in [-0.1, -0.05) is 31.2 Å². The Labute approximate surface area is 123 Å². The van der Waals surface area contributed by atoms with E-state index < -0.39 is 5.82 Å². The number of nitrogens with zero attached hydrogens (tertiary/aromatic N) is 1. The van der Waals surface area contributed by atoms with Crippen molar-refractivity contribution in [1.82, 2.24) is 0 Å². The Morgan fingerprint density at radius 3 is 2.43 bits per heavy atom. The minimum Gasteiger partial charge on any atom is -0.490 e. The number of hydrogen-bond acceptors (Lipinski definition) is 3. The zero-order chi connectivity index (χ0) is 15.1. The van der Waals surface area contributed by atoms with Gasteiger partial charge in [0.1, 0.15) is 18.5 Å². The monoisotopic (exact) mass is 285 g/mol. The molecular weight excluding hydrogens is 269 g/mol. The largest absolute Gasteiger partial charge is 0.490 e. The highest BCUT2D eigenvalue weighted by Gasteiger charge is 2.10. The molecule has 0 atom stereocenters. The molecule has 0 aliphatic rings. The molecule has 0 aliphatic heterocycles. The Bertz CT molecular complexity index is 649. The number of hydrogen-bond donors (Lipinski definition) is 0. The van der Waals surface area contributed by atoms with Gasteiger partial charge in [-0.2, -0.15) is 5.26 Å². The van der Waals surface area contributed by atoms with E-state index in [1.807, 2.05) is 31.2 Å². The molecule has 0 unspecified atom stereocenters. The molecule has 108 valence electrons. The molecule has 0 fully saturated rings. The molecule has 4 heteroatoms. The van der Waals surface area contributed by atoms with Crippen LogP contribution < -0.4 is 9.47 Å². The summed E-state index contributed by atoms with van der Waals surface area (Å²) in [6, 6.07) is 13.8. The van der Waals surface area contributed by atoms with Gasteiger partial charge in [-0.15, -0.1) is 0 Å². The first kappa shape index (κ1) is 14.9. The second-order valence-corrected chi connectivity index (χ2v) is 4.47. The first-order valence-electron chi connectivity index (χ1n) is 6.78. The summed E-state index contributed by atoms with van der Waals surface area (Å²) in [4.78, 5) is 0. The maximum absolute atomic E-state index is 13.9. The molecule has 2 aromatic carbocycles. The average molecular weight is 285 g/mol. The maximum atomic E-state index is 13.9. The van der Waals surface area contributed by atoms with Crippen molar-refractivity contribution < 1.29 is 13.9 Å². The zero-order valence-electron chi connectivity index (χ0n) is 11.8. The molecule has 0 aliphatic carbocycles. The van der Waals surface area contributed by atoms with Crippen molar-refractivity contribution in [3.63, 3.8) is 0 Å². The molecule has 0 radical (unpaired) electrons. The van der Waals surface area contributed by atoms with E-state index in [1.165, 1.54) is 6.07 Å². The van der Waals surface area contributed by atoms with Gasteiger partial charge in [0.25, 0.3) is 0 Å². The number of ether oxygens (including phenoxy) is 2. The van der Waals surface area contributed by atoms with Crippen LogP contribution in [-0.2, 0) is 6.61 Å². The van der Waals surface area contributed by atoms with Gasteiger partial charge in [-0.3, -0.25) is 0 Å². The van der Waals surface area contributed by atoms with E-state index in [0.717, 1.165) is 6.42 Å². The van der Waals surface area contributed by atoms with Crippen LogP contribution in [0.5, 0.6) is 11.5 Å². The summed E-state index contributed by atoms with van der Waals surface area (Å²) in [5.41, 5.74) is 0.367. The van der Waals surface area contributed by atoms with Crippen molar-refractivity contribution in [2.75, 3.05) is 6.61 Å². The standard InChI is InChI=1S/C17H16FNO2/c1-2-10-20-15-8-3-4-9-16(15)21-12-14-7-5-6-13(11-19)17(14)18/h3-9H,2,10,12H2,1H3. The van der Waals surface area contributed by atoms with Crippen molar-refractivity contribution in [3.8, 4) is 17.6 Å². The van der Waals surface area contributed by atoms with Crippen molar-refractivity contribution in [2.24, 2.45) is 0 Å². The predicted molar refractivity (Wildman–Crippen MR) is 77.7 cm³/mol. The van der Waals surface area contributed by atoms with Crippen molar-refractivity contribution in [3.05, 3.63) is 59.4 Å². The molecule has 0 heterocycles. The van der Waals surface area contributed by atoms with Crippen LogP contribution in [0.3, 0.4) is 0 Å². The minimum absolute atomic E-state index is 0.0200. The van der Waals surface area contributed by atoms with E-state index in [4.69, 9.17) is 14.7 Å². The molecule has 0 saturated heterocycles. The minimum atomic E-state index is -0.535. The summed E-state index contributed by atoms with van der Waals surface area (Å²) in [6.45, 7) is 2.67. The second kappa shape index (κ2) is 7.30. The molecule has 0 saturated carbocycles. The van der Waals surface area contributed by atoms with E-state index >= 15 is 0 Å². The molecule has 0 amide bonds. The van der Waals surface area contributed by atoms with Crippen LogP contribution in [0.15, 0.2) is 42.5 Å². The van der Waals surface area contributed by atoms with Crippen LogP contribution in [0.2, 0.25) is 0 Å². The topological polar surface area (TPSA) is 42.2 Å². The Hall–Kier alpha value is -2.54. The van der Waals surface area contributed by atoms with Gasteiger partial charge in [-0.25, -0.2) is 4.39 Å². The van der Waals surface area contributed by atoms with Gasteiger partial charge in [0.2, 0.25) is 0 Å². The Morgan fingerprint density at radius 2 is 1.76 bits per heavy atom. The quantitative estimate of drug-likeness (QED) is 0.803. The molecule has 0 aromatic heterocycles. The third-order valence-electron chi connectivity index (χ3n) is 2.89. The fourth-order valence-corrected chi connectivity index (χ4v) is 1.83. The number of rotatable bonds is 6. The summed E-state index contributed by atoms with van der Waals surface area (Å²) < 4.78 is 25.2. The van der Waals surface area contributed by atoms with Crippen LogP contribution in [0, 0.1) is 17.1 Å². The van der Waals surface area contributed by atoms with Gasteiger partial charge in [0.15, 0.2) is 11.5 Å². The molecule has 0 bridgehead atoms. The van der Waals surface area contributed by atoms with Crippen molar-refractivity contribution in [2.45, 2.75) is 20.0 Å². The highest BCUT2D eigenvalue weighted by molar-refractivity contribution is 5.40. The zero-order valence-corrected chi connectivity index (χ0v) is 11.8. The molecule has 21 heavy (non-hydrogen) atoms. The van der Waals surface area contributed by atoms with E-state index in [0.29, 0.717) is 23.7 Å². The van der Waals surface area contributed by atoms with Crippen LogP contribution >= 0.6 is 0 Å². The smallest absolute Gasteiger partial charge is 0.161 e. The lowest BCUT2D eigenvalue weighted by Gasteiger charge is -2.12. The van der Waals surface area contributed by atoms with Gasteiger partial charge in [-0.05, 0) is 24.6 Å². The number of para-hydroxylation sites is 2. The SMILES string of the molecule is CCCOc1ccccc1OCc1cccc(C#N)c1F. The van der Waals surface area contributed by atoms with Gasteiger partial charge < -0.3 is 9.47 Å². The predicted octanol–water partition coefficient (Wildman–Crippen LogP) is 4.07. The molecular formula is C17H16FNO2. The lowest BCUT2D eigenvalue weighted by molar-refractivity contribution is 0.259. The first-order chi connectivity index (χ1) is 10.3. The summed E-state index contributed by atoms with van der Waals surface area (Å²) in [6.07, 6.45) is 0.896. The van der Waals surface area contributed by atoms with Crippen LogP contribution in [0.25, 0.3) is 0 Å². The van der Waals surface area contributed by atoms with Gasteiger partial charge in [0.05, 0.1) is 12.2 Å². The summed E-state index contributed by atoms with van der Waals surface area (Å²) in [7, 11) is 0. The van der Waals surface area contributed by atoms with E-state index in [9.17, 15) is 4.39 Å². The summed E-state index contributed by atoms with van der Waals surface area (Å²) in [5, 5.41) is 8.82.